The van der Waals surface area contributed by atoms with Crippen molar-refractivity contribution < 1.29 is 14.6 Å². The molecule has 0 aliphatic rings. The van der Waals surface area contributed by atoms with Crippen molar-refractivity contribution in [1.82, 2.24) is 0 Å². The molecule has 112 valence electrons. The second-order valence-corrected chi connectivity index (χ2v) is 5.10. The molecule has 0 bridgehead atoms. The van der Waals surface area contributed by atoms with E-state index in [2.05, 4.69) is 5.32 Å². The van der Waals surface area contributed by atoms with E-state index >= 15 is 0 Å². The highest BCUT2D eigenvalue weighted by molar-refractivity contribution is 6.30. The highest BCUT2D eigenvalue weighted by Gasteiger charge is 2.11. The lowest BCUT2D eigenvalue weighted by atomic mass is 10.1. The summed E-state index contributed by atoms with van der Waals surface area (Å²) in [6, 6.07) is 9.23. The van der Waals surface area contributed by atoms with Gasteiger partial charge in [0.05, 0.1) is 14.2 Å². The summed E-state index contributed by atoms with van der Waals surface area (Å²) in [5.74, 6) is 0.769. The average molecular weight is 308 g/mol. The maximum Gasteiger partial charge on any atom is 0.200 e. The number of hydrogen-bond acceptors (Lipinski definition) is 4. The van der Waals surface area contributed by atoms with Gasteiger partial charge in [0, 0.05) is 17.3 Å². The van der Waals surface area contributed by atoms with Crippen LogP contribution in [0.15, 0.2) is 30.3 Å². The van der Waals surface area contributed by atoms with Crippen LogP contribution in [0.25, 0.3) is 0 Å². The number of halogens is 1. The molecule has 0 spiro atoms. The fourth-order valence-corrected chi connectivity index (χ4v) is 2.20. The van der Waals surface area contributed by atoms with Gasteiger partial charge in [0.1, 0.15) is 0 Å². The van der Waals surface area contributed by atoms with Crippen LogP contribution in [0, 0.1) is 6.92 Å². The number of phenolic OH excluding ortho intramolecular Hbond substituents is 1. The van der Waals surface area contributed by atoms with Crippen molar-refractivity contribution in [2.45, 2.75) is 13.5 Å². The summed E-state index contributed by atoms with van der Waals surface area (Å²) >= 11 is 6.00. The Balaban J connectivity index is 2.22. The third-order valence-electron chi connectivity index (χ3n) is 3.22. The molecule has 0 heterocycles. The molecule has 0 aromatic heterocycles. The van der Waals surface area contributed by atoms with E-state index in [4.69, 9.17) is 21.1 Å². The highest BCUT2D eigenvalue weighted by atomic mass is 35.5. The Morgan fingerprint density at radius 2 is 1.71 bits per heavy atom. The Bertz CT molecular complexity index is 618. The Hall–Kier alpha value is -2.07. The molecule has 2 aromatic rings. The molecule has 0 amide bonds. The first-order valence-corrected chi connectivity index (χ1v) is 6.87. The summed E-state index contributed by atoms with van der Waals surface area (Å²) in [4.78, 5) is 0. The van der Waals surface area contributed by atoms with Gasteiger partial charge in [0.2, 0.25) is 5.75 Å². The fraction of sp³-hybridized carbons (Fsp3) is 0.250. The molecule has 5 heteroatoms. The zero-order valence-corrected chi connectivity index (χ0v) is 13.0. The summed E-state index contributed by atoms with van der Waals surface area (Å²) in [5, 5.41) is 13.9. The number of anilines is 1. The Labute approximate surface area is 129 Å². The van der Waals surface area contributed by atoms with Crippen LogP contribution in [0.4, 0.5) is 5.69 Å². The van der Waals surface area contributed by atoms with Gasteiger partial charge in [0.25, 0.3) is 0 Å². The van der Waals surface area contributed by atoms with Gasteiger partial charge in [-0.15, -0.1) is 0 Å². The largest absolute Gasteiger partial charge is 0.502 e. The number of phenols is 1. The fourth-order valence-electron chi connectivity index (χ4n) is 2.03. The maximum atomic E-state index is 9.89. The van der Waals surface area contributed by atoms with Crippen molar-refractivity contribution in [2.75, 3.05) is 19.5 Å². The van der Waals surface area contributed by atoms with Crippen LogP contribution >= 0.6 is 11.6 Å². The predicted molar refractivity (Wildman–Crippen MR) is 84.7 cm³/mol. The highest BCUT2D eigenvalue weighted by Crippen LogP contribution is 2.37. The number of nitrogens with one attached hydrogen (secondary N) is 1. The van der Waals surface area contributed by atoms with Crippen molar-refractivity contribution in [2.24, 2.45) is 0 Å². The van der Waals surface area contributed by atoms with Gasteiger partial charge in [-0.05, 0) is 42.3 Å². The van der Waals surface area contributed by atoms with Gasteiger partial charge < -0.3 is 19.9 Å². The quantitative estimate of drug-likeness (QED) is 0.877. The van der Waals surface area contributed by atoms with E-state index in [0.29, 0.717) is 23.1 Å². The molecule has 2 N–H and O–H groups in total. The lowest BCUT2D eigenvalue weighted by Crippen LogP contribution is -2.02. The summed E-state index contributed by atoms with van der Waals surface area (Å²) in [5.41, 5.74) is 3.01. The Morgan fingerprint density at radius 3 is 2.29 bits per heavy atom. The van der Waals surface area contributed by atoms with Gasteiger partial charge in [-0.1, -0.05) is 17.7 Å². The van der Waals surface area contributed by atoms with Crippen molar-refractivity contribution in [3.05, 3.63) is 46.5 Å². The van der Waals surface area contributed by atoms with Gasteiger partial charge in [0.15, 0.2) is 11.5 Å². The van der Waals surface area contributed by atoms with E-state index in [-0.39, 0.29) is 5.75 Å². The molecule has 4 nitrogen and oxygen atoms in total. The molecular formula is C16H18ClNO3. The van der Waals surface area contributed by atoms with E-state index in [1.165, 1.54) is 14.2 Å². The topological polar surface area (TPSA) is 50.7 Å². The van der Waals surface area contributed by atoms with Crippen molar-refractivity contribution in [3.8, 4) is 17.2 Å². The minimum absolute atomic E-state index is 0.00249. The molecule has 0 aliphatic carbocycles. The molecule has 2 aromatic carbocycles. The molecule has 0 fully saturated rings. The summed E-state index contributed by atoms with van der Waals surface area (Å²) in [6.45, 7) is 2.57. The molecule has 2 rings (SSSR count). The summed E-state index contributed by atoms with van der Waals surface area (Å²) in [7, 11) is 3.01. The van der Waals surface area contributed by atoms with Crippen LogP contribution in [0.2, 0.25) is 5.02 Å². The normalized spacial score (nSPS) is 10.3. The van der Waals surface area contributed by atoms with E-state index in [9.17, 15) is 5.11 Å². The Kier molecular flexibility index (Phi) is 4.81. The second kappa shape index (κ2) is 6.59. The maximum absolute atomic E-state index is 9.89. The molecule has 21 heavy (non-hydrogen) atoms. The van der Waals surface area contributed by atoms with Crippen LogP contribution in [-0.2, 0) is 6.54 Å². The molecule has 0 unspecified atom stereocenters. The minimum Gasteiger partial charge on any atom is -0.502 e. The smallest absolute Gasteiger partial charge is 0.200 e. The lowest BCUT2D eigenvalue weighted by Gasteiger charge is -2.13. The zero-order chi connectivity index (χ0) is 15.4. The number of methoxy groups -OCH3 is 2. The first-order chi connectivity index (χ1) is 10.0. The van der Waals surface area contributed by atoms with Gasteiger partial charge >= 0.3 is 0 Å². The SMILES string of the molecule is COc1cc(CNc2cc(Cl)ccc2C)cc(OC)c1O. The van der Waals surface area contributed by atoms with Gasteiger partial charge in [-0.3, -0.25) is 0 Å². The van der Waals surface area contributed by atoms with E-state index in [0.717, 1.165) is 16.8 Å². The minimum atomic E-state index is 0.00249. The Morgan fingerprint density at radius 1 is 1.10 bits per heavy atom. The molecule has 0 saturated carbocycles. The van der Waals surface area contributed by atoms with Crippen LogP contribution < -0.4 is 14.8 Å². The molecule has 0 radical (unpaired) electrons. The van der Waals surface area contributed by atoms with E-state index < -0.39 is 0 Å². The van der Waals surface area contributed by atoms with E-state index in [1.807, 2.05) is 25.1 Å². The van der Waals surface area contributed by atoms with Gasteiger partial charge in [-0.25, -0.2) is 0 Å². The number of hydrogen-bond donors (Lipinski definition) is 2. The third kappa shape index (κ3) is 3.52. The third-order valence-corrected chi connectivity index (χ3v) is 3.46. The number of aromatic hydroxyl groups is 1. The average Bonchev–Trinajstić information content (AvgIpc) is 2.49. The van der Waals surface area contributed by atoms with Gasteiger partial charge in [-0.2, -0.15) is 0 Å². The first kappa shape index (κ1) is 15.3. The van der Waals surface area contributed by atoms with Crippen LogP contribution in [0.1, 0.15) is 11.1 Å². The van der Waals surface area contributed by atoms with Crippen LogP contribution in [0.5, 0.6) is 17.2 Å². The van der Waals surface area contributed by atoms with Crippen molar-refractivity contribution in [1.29, 1.82) is 0 Å². The molecule has 0 atom stereocenters. The van der Waals surface area contributed by atoms with Crippen LogP contribution in [-0.4, -0.2) is 19.3 Å². The second-order valence-electron chi connectivity index (χ2n) is 4.66. The lowest BCUT2D eigenvalue weighted by molar-refractivity contribution is 0.339. The summed E-state index contributed by atoms with van der Waals surface area (Å²) in [6.07, 6.45) is 0. The number of rotatable bonds is 5. The number of benzene rings is 2. The standard InChI is InChI=1S/C16H18ClNO3/c1-10-4-5-12(17)8-13(10)18-9-11-6-14(20-2)16(19)15(7-11)21-3/h4-8,18-19H,9H2,1-3H3. The van der Waals surface area contributed by atoms with Crippen molar-refractivity contribution in [3.63, 3.8) is 0 Å². The first-order valence-electron chi connectivity index (χ1n) is 6.49. The predicted octanol–water partition coefficient (Wildman–Crippen LogP) is 3.98. The summed E-state index contributed by atoms with van der Waals surface area (Å²) < 4.78 is 10.3. The monoisotopic (exact) mass is 307 g/mol. The molecular weight excluding hydrogens is 290 g/mol. The zero-order valence-electron chi connectivity index (χ0n) is 12.2. The van der Waals surface area contributed by atoms with E-state index in [1.54, 1.807) is 12.1 Å². The number of aryl methyl sites for hydroxylation is 1. The van der Waals surface area contributed by atoms with Crippen LogP contribution in [0.3, 0.4) is 0 Å². The van der Waals surface area contributed by atoms with Crippen molar-refractivity contribution >= 4 is 17.3 Å². The number of ether oxygens (including phenoxy) is 2. The molecule has 0 aliphatic heterocycles. The molecule has 0 saturated heterocycles.